The summed E-state index contributed by atoms with van der Waals surface area (Å²) in [6, 6.07) is 0. The molecule has 1 aromatic heterocycles. The number of phosphoric ester groups is 1. The molecule has 1 amide bonds. The summed E-state index contributed by atoms with van der Waals surface area (Å²) in [6.07, 6.45) is 1.56. The van der Waals surface area contributed by atoms with Crippen molar-refractivity contribution in [3.63, 3.8) is 0 Å². The Hall–Kier alpha value is -1.54. The van der Waals surface area contributed by atoms with Crippen molar-refractivity contribution in [1.82, 2.24) is 9.97 Å². The van der Waals surface area contributed by atoms with Gasteiger partial charge in [0.05, 0.1) is 19.0 Å². The predicted molar refractivity (Wildman–Crippen MR) is 53.9 cm³/mol. The van der Waals surface area contributed by atoms with E-state index in [0.717, 1.165) is 0 Å². The third kappa shape index (κ3) is 5.93. The van der Waals surface area contributed by atoms with Crippen molar-refractivity contribution in [2.24, 2.45) is 5.73 Å². The molecule has 4 N–H and O–H groups in total. The average molecular weight is 263 g/mol. The summed E-state index contributed by atoms with van der Waals surface area (Å²) >= 11 is 0. The van der Waals surface area contributed by atoms with Crippen LogP contribution in [0.4, 0.5) is 4.79 Å². The highest BCUT2D eigenvalue weighted by Crippen LogP contribution is 2.35. The van der Waals surface area contributed by atoms with Crippen LogP contribution in [0.1, 0.15) is 5.82 Å². The molecule has 0 aromatic carbocycles. The zero-order valence-corrected chi connectivity index (χ0v) is 9.41. The zero-order valence-electron chi connectivity index (χ0n) is 8.52. The van der Waals surface area contributed by atoms with Gasteiger partial charge in [0.15, 0.2) is 5.75 Å². The van der Waals surface area contributed by atoms with E-state index in [4.69, 9.17) is 15.5 Å². The Morgan fingerprint density at radius 1 is 1.41 bits per heavy atom. The molecule has 1 rings (SSSR count). The van der Waals surface area contributed by atoms with E-state index < -0.39 is 13.9 Å². The van der Waals surface area contributed by atoms with Crippen LogP contribution in [0.2, 0.25) is 0 Å². The van der Waals surface area contributed by atoms with Crippen LogP contribution >= 0.6 is 7.82 Å². The lowest BCUT2D eigenvalue weighted by atomic mass is 10.4. The molecule has 1 aromatic rings. The lowest BCUT2D eigenvalue weighted by Gasteiger charge is -2.04. The number of aromatic nitrogens is 2. The second-order valence-corrected chi connectivity index (χ2v) is 4.07. The molecule has 9 nitrogen and oxygen atoms in total. The van der Waals surface area contributed by atoms with E-state index in [2.05, 4.69) is 19.2 Å². The number of amides is 1. The molecule has 0 atom stereocenters. The predicted octanol–water partition coefficient (Wildman–Crippen LogP) is -0.414. The third-order valence-corrected chi connectivity index (χ3v) is 2.00. The van der Waals surface area contributed by atoms with Gasteiger partial charge in [-0.25, -0.2) is 19.3 Å². The number of rotatable bonds is 5. The van der Waals surface area contributed by atoms with Gasteiger partial charge in [-0.15, -0.1) is 0 Å². The first-order valence-corrected chi connectivity index (χ1v) is 5.88. The maximum atomic E-state index is 10.4. The Kier molecular flexibility index (Phi) is 4.53. The van der Waals surface area contributed by atoms with E-state index in [9.17, 15) is 9.36 Å². The molecule has 0 aliphatic carbocycles. The first-order valence-electron chi connectivity index (χ1n) is 4.35. The highest BCUT2D eigenvalue weighted by Gasteiger charge is 2.13. The Bertz CT molecular complexity index is 430. The first-order chi connectivity index (χ1) is 7.87. The van der Waals surface area contributed by atoms with E-state index in [-0.39, 0.29) is 24.6 Å². The molecule has 0 spiro atoms. The fourth-order valence-electron chi connectivity index (χ4n) is 0.897. The van der Waals surface area contributed by atoms with Crippen LogP contribution in [0, 0.1) is 0 Å². The van der Waals surface area contributed by atoms with Gasteiger partial charge in [0.25, 0.3) is 0 Å². The van der Waals surface area contributed by atoms with Crippen molar-refractivity contribution in [2.75, 3.05) is 6.61 Å². The van der Waals surface area contributed by atoms with Crippen molar-refractivity contribution in [3.05, 3.63) is 18.2 Å². The van der Waals surface area contributed by atoms with Crippen molar-refractivity contribution in [1.29, 1.82) is 0 Å². The summed E-state index contributed by atoms with van der Waals surface area (Å²) in [5, 5.41) is 0. The Labute approximate surface area is 95.8 Å². The number of carbonyl (C=O) groups is 1. The SMILES string of the molecule is NC(=O)Oc1cnc(CCOP(=O)(O)O)nc1. The summed E-state index contributed by atoms with van der Waals surface area (Å²) in [6.45, 7) is -0.222. The second-order valence-electron chi connectivity index (χ2n) is 2.83. The highest BCUT2D eigenvalue weighted by molar-refractivity contribution is 7.46. The summed E-state index contributed by atoms with van der Waals surface area (Å²) in [5.74, 6) is 0.368. The van der Waals surface area contributed by atoms with E-state index >= 15 is 0 Å². The van der Waals surface area contributed by atoms with Crippen LogP contribution in [-0.4, -0.2) is 32.5 Å². The van der Waals surface area contributed by atoms with Gasteiger partial charge in [-0.1, -0.05) is 0 Å². The van der Waals surface area contributed by atoms with Crippen LogP contribution in [0.3, 0.4) is 0 Å². The van der Waals surface area contributed by atoms with Gasteiger partial charge >= 0.3 is 13.9 Å². The van der Waals surface area contributed by atoms with Gasteiger partial charge in [0.1, 0.15) is 5.82 Å². The molecule has 0 radical (unpaired) electrons. The Balaban J connectivity index is 2.46. The summed E-state index contributed by atoms with van der Waals surface area (Å²) in [5.41, 5.74) is 4.77. The van der Waals surface area contributed by atoms with Crippen LogP contribution in [-0.2, 0) is 15.5 Å². The van der Waals surface area contributed by atoms with Gasteiger partial charge in [-0.3, -0.25) is 4.52 Å². The zero-order chi connectivity index (χ0) is 12.9. The molecule has 0 unspecified atom stereocenters. The van der Waals surface area contributed by atoms with Crippen molar-refractivity contribution in [3.8, 4) is 5.75 Å². The maximum Gasteiger partial charge on any atom is 0.469 e. The molecule has 0 bridgehead atoms. The van der Waals surface area contributed by atoms with Crippen molar-refractivity contribution >= 4 is 13.9 Å². The van der Waals surface area contributed by atoms with Gasteiger partial charge < -0.3 is 20.3 Å². The lowest BCUT2D eigenvalue weighted by molar-refractivity contribution is 0.197. The largest absolute Gasteiger partial charge is 0.469 e. The van der Waals surface area contributed by atoms with Gasteiger partial charge in [-0.2, -0.15) is 0 Å². The molecule has 17 heavy (non-hydrogen) atoms. The number of ether oxygens (including phenoxy) is 1. The third-order valence-electron chi connectivity index (χ3n) is 1.49. The van der Waals surface area contributed by atoms with Crippen LogP contribution in [0.5, 0.6) is 5.75 Å². The summed E-state index contributed by atoms with van der Waals surface area (Å²) < 4.78 is 19.1. The number of hydrogen-bond acceptors (Lipinski definition) is 6. The van der Waals surface area contributed by atoms with Crippen molar-refractivity contribution in [2.45, 2.75) is 6.42 Å². The van der Waals surface area contributed by atoms with Crippen LogP contribution in [0.25, 0.3) is 0 Å². The molecule has 0 aliphatic rings. The fourth-order valence-corrected chi connectivity index (χ4v) is 1.23. The second kappa shape index (κ2) is 5.69. The smallest absolute Gasteiger partial charge is 0.407 e. The molecule has 1 heterocycles. The van der Waals surface area contributed by atoms with Gasteiger partial charge in [0, 0.05) is 6.42 Å². The number of phosphoric acid groups is 1. The molecule has 0 aliphatic heterocycles. The Morgan fingerprint density at radius 3 is 2.47 bits per heavy atom. The Morgan fingerprint density at radius 2 is 2.00 bits per heavy atom. The molecule has 94 valence electrons. The monoisotopic (exact) mass is 263 g/mol. The number of hydrogen-bond donors (Lipinski definition) is 3. The van der Waals surface area contributed by atoms with Crippen LogP contribution in [0.15, 0.2) is 12.4 Å². The normalized spacial score (nSPS) is 11.2. The quantitative estimate of drug-likeness (QED) is 0.607. The number of nitrogens with two attached hydrogens (primary N) is 1. The minimum Gasteiger partial charge on any atom is -0.407 e. The summed E-state index contributed by atoms with van der Waals surface area (Å²) in [7, 11) is -4.47. The van der Waals surface area contributed by atoms with E-state index in [1.807, 2.05) is 0 Å². The molecule has 0 saturated heterocycles. The standard InChI is InChI=1S/C7H10N3O6P/c8-7(11)16-5-3-9-6(10-4-5)1-2-15-17(12,13)14/h3-4H,1-2H2,(H2,8,11)(H2,12,13,14). The minimum atomic E-state index is -4.47. The van der Waals surface area contributed by atoms with E-state index in [0.29, 0.717) is 0 Å². The molecular weight excluding hydrogens is 253 g/mol. The maximum absolute atomic E-state index is 10.4. The van der Waals surface area contributed by atoms with Crippen LogP contribution < -0.4 is 10.5 Å². The molecule has 0 saturated carbocycles. The molecule has 0 fully saturated rings. The van der Waals surface area contributed by atoms with E-state index in [1.54, 1.807) is 0 Å². The summed E-state index contributed by atoms with van der Waals surface area (Å²) in [4.78, 5) is 34.8. The lowest BCUT2D eigenvalue weighted by Crippen LogP contribution is -2.16. The first kappa shape index (κ1) is 13.5. The number of nitrogens with zero attached hydrogens (tertiary/aromatic N) is 2. The highest BCUT2D eigenvalue weighted by atomic mass is 31.2. The minimum absolute atomic E-state index is 0.0807. The number of primary amides is 1. The average Bonchev–Trinajstić information content (AvgIpc) is 2.18. The topological polar surface area (TPSA) is 145 Å². The number of carbonyl (C=O) groups excluding carboxylic acids is 1. The van der Waals surface area contributed by atoms with Gasteiger partial charge in [-0.05, 0) is 0 Å². The van der Waals surface area contributed by atoms with E-state index in [1.165, 1.54) is 12.4 Å². The molecular formula is C7H10N3O6P. The molecule has 10 heteroatoms. The van der Waals surface area contributed by atoms with Gasteiger partial charge in [0.2, 0.25) is 0 Å². The fraction of sp³-hybridized carbons (Fsp3) is 0.286. The van der Waals surface area contributed by atoms with Crippen molar-refractivity contribution < 1.29 is 28.4 Å².